The summed E-state index contributed by atoms with van der Waals surface area (Å²) in [5.74, 6) is 1.19. The fraction of sp³-hybridized carbons (Fsp3) is 0.407. The molecule has 2 amide bonds. The van der Waals surface area contributed by atoms with Crippen LogP contribution in [0, 0.1) is 5.41 Å². The van der Waals surface area contributed by atoms with E-state index in [2.05, 4.69) is 60.2 Å². The summed E-state index contributed by atoms with van der Waals surface area (Å²) in [6.07, 6.45) is 4.43. The van der Waals surface area contributed by atoms with Crippen molar-refractivity contribution in [2.24, 2.45) is 5.41 Å². The Kier molecular flexibility index (Phi) is 7.37. The van der Waals surface area contributed by atoms with E-state index in [-0.39, 0.29) is 23.4 Å². The molecule has 0 aliphatic carbocycles. The van der Waals surface area contributed by atoms with Crippen molar-refractivity contribution in [3.05, 3.63) is 54.7 Å². The summed E-state index contributed by atoms with van der Waals surface area (Å²) in [6.45, 7) is 12.7. The Hall–Kier alpha value is -4.08. The average Bonchev–Trinajstić information content (AvgIpc) is 3.26. The van der Waals surface area contributed by atoms with Crippen LogP contribution in [0.2, 0.25) is 0 Å². The number of aryl methyl sites for hydroxylation is 1. The predicted octanol–water partition coefficient (Wildman–Crippen LogP) is 4.81. The molecule has 1 aromatic carbocycles. The molecule has 1 aliphatic heterocycles. The zero-order chi connectivity index (χ0) is 26.7. The van der Waals surface area contributed by atoms with Crippen LogP contribution >= 0.6 is 0 Å². The molecule has 1 saturated heterocycles. The summed E-state index contributed by atoms with van der Waals surface area (Å²) < 4.78 is 1.78. The van der Waals surface area contributed by atoms with Gasteiger partial charge < -0.3 is 26.0 Å². The maximum atomic E-state index is 11.8. The quantitative estimate of drug-likeness (QED) is 0.340. The molecule has 4 N–H and O–H groups in total. The lowest BCUT2D eigenvalue weighted by atomic mass is 9.77. The highest BCUT2D eigenvalue weighted by atomic mass is 16.4. The van der Waals surface area contributed by atoms with Crippen LogP contribution in [0.5, 0.6) is 0 Å². The zero-order valence-electron chi connectivity index (χ0n) is 21.8. The summed E-state index contributed by atoms with van der Waals surface area (Å²) in [7, 11) is 0. The minimum atomic E-state index is -1.01. The number of fused-ring (bicyclic) bond motifs is 1. The molecule has 10 nitrogen and oxygen atoms in total. The van der Waals surface area contributed by atoms with E-state index in [1.165, 1.54) is 6.08 Å². The number of hydrogen-bond donors (Lipinski definition) is 4. The monoisotopic (exact) mass is 505 g/mol. The van der Waals surface area contributed by atoms with Crippen molar-refractivity contribution >= 4 is 40.7 Å². The number of nitrogens with one attached hydrogen (secondary N) is 3. The van der Waals surface area contributed by atoms with E-state index in [0.717, 1.165) is 48.5 Å². The number of amides is 2. The molecule has 2 aromatic heterocycles. The van der Waals surface area contributed by atoms with E-state index < -0.39 is 6.09 Å². The van der Waals surface area contributed by atoms with Gasteiger partial charge in [-0.25, -0.2) is 9.78 Å². The molecular weight excluding hydrogens is 470 g/mol. The van der Waals surface area contributed by atoms with Crippen LogP contribution in [0.4, 0.5) is 27.8 Å². The SMILES string of the molecule is C=CC(=O)Nc1cccc(Nc2cc(N3CCCC(NC(=O)O)C3C(C)(C)C)nc3c(CC)cnn23)c1. The normalized spacial score (nSPS) is 17.9. The van der Waals surface area contributed by atoms with Gasteiger partial charge in [0.05, 0.1) is 18.3 Å². The third-order valence-electron chi connectivity index (χ3n) is 6.62. The first-order valence-electron chi connectivity index (χ1n) is 12.5. The molecule has 3 heterocycles. The second-order valence-corrected chi connectivity index (χ2v) is 10.4. The van der Waals surface area contributed by atoms with Crippen LogP contribution in [0.25, 0.3) is 5.65 Å². The first-order valence-corrected chi connectivity index (χ1v) is 12.5. The number of nitrogens with zero attached hydrogens (tertiary/aromatic N) is 4. The maximum Gasteiger partial charge on any atom is 0.404 e. The molecule has 1 fully saturated rings. The van der Waals surface area contributed by atoms with E-state index in [1.54, 1.807) is 10.6 Å². The van der Waals surface area contributed by atoms with Crippen LogP contribution in [-0.2, 0) is 11.2 Å². The van der Waals surface area contributed by atoms with Gasteiger partial charge in [-0.05, 0) is 49.0 Å². The number of benzene rings is 1. The number of hydrogen-bond acceptors (Lipinski definition) is 6. The maximum absolute atomic E-state index is 11.8. The van der Waals surface area contributed by atoms with E-state index in [1.807, 2.05) is 30.5 Å². The summed E-state index contributed by atoms with van der Waals surface area (Å²) in [6, 6.07) is 9.04. The molecular formula is C27H35N7O3. The number of carbonyl (C=O) groups excluding carboxylic acids is 1. The van der Waals surface area contributed by atoms with E-state index in [0.29, 0.717) is 11.5 Å². The number of anilines is 4. The van der Waals surface area contributed by atoms with Gasteiger partial charge in [0.1, 0.15) is 11.6 Å². The van der Waals surface area contributed by atoms with Crippen molar-refractivity contribution in [2.45, 2.75) is 59.0 Å². The van der Waals surface area contributed by atoms with Gasteiger partial charge in [0.15, 0.2) is 5.65 Å². The van der Waals surface area contributed by atoms with Crippen molar-refractivity contribution in [1.29, 1.82) is 0 Å². The Bertz CT molecular complexity index is 1310. The number of carboxylic acid groups (broad SMARTS) is 1. The van der Waals surface area contributed by atoms with E-state index in [4.69, 9.17) is 4.98 Å². The minimum absolute atomic E-state index is 0.0920. The molecule has 10 heteroatoms. The van der Waals surface area contributed by atoms with Crippen molar-refractivity contribution < 1.29 is 14.7 Å². The Morgan fingerprint density at radius 3 is 2.68 bits per heavy atom. The predicted molar refractivity (Wildman–Crippen MR) is 146 cm³/mol. The van der Waals surface area contributed by atoms with Crippen LogP contribution in [0.15, 0.2) is 49.2 Å². The molecule has 196 valence electrons. The van der Waals surface area contributed by atoms with Crippen molar-refractivity contribution in [1.82, 2.24) is 19.9 Å². The van der Waals surface area contributed by atoms with Crippen LogP contribution in [-0.4, -0.2) is 50.3 Å². The summed E-state index contributed by atoms with van der Waals surface area (Å²) >= 11 is 0. The number of rotatable bonds is 7. The Labute approximate surface area is 216 Å². The molecule has 1 aliphatic rings. The molecule has 2 atom stereocenters. The van der Waals surface area contributed by atoms with Gasteiger partial charge in [-0.1, -0.05) is 40.3 Å². The lowest BCUT2D eigenvalue weighted by Crippen LogP contribution is -2.60. The molecule has 4 rings (SSSR count). The molecule has 0 bridgehead atoms. The summed E-state index contributed by atoms with van der Waals surface area (Å²) in [5.41, 5.74) is 2.97. The summed E-state index contributed by atoms with van der Waals surface area (Å²) in [4.78, 5) is 30.6. The first kappa shape index (κ1) is 26.0. The Morgan fingerprint density at radius 2 is 2.00 bits per heavy atom. The molecule has 0 saturated carbocycles. The third kappa shape index (κ3) is 5.68. The van der Waals surface area contributed by atoms with Crippen molar-refractivity contribution in [2.75, 3.05) is 22.1 Å². The van der Waals surface area contributed by atoms with Gasteiger partial charge in [0, 0.05) is 29.5 Å². The van der Waals surface area contributed by atoms with Gasteiger partial charge in [0.2, 0.25) is 5.91 Å². The number of carbonyl (C=O) groups is 2. The van der Waals surface area contributed by atoms with Gasteiger partial charge >= 0.3 is 6.09 Å². The minimum Gasteiger partial charge on any atom is -0.465 e. The fourth-order valence-corrected chi connectivity index (χ4v) is 5.13. The lowest BCUT2D eigenvalue weighted by Gasteiger charge is -2.48. The second-order valence-electron chi connectivity index (χ2n) is 10.4. The third-order valence-corrected chi connectivity index (χ3v) is 6.62. The van der Waals surface area contributed by atoms with Crippen molar-refractivity contribution in [3.63, 3.8) is 0 Å². The van der Waals surface area contributed by atoms with Gasteiger partial charge in [0.25, 0.3) is 0 Å². The Morgan fingerprint density at radius 1 is 1.24 bits per heavy atom. The van der Waals surface area contributed by atoms with Gasteiger partial charge in [-0.2, -0.15) is 9.61 Å². The van der Waals surface area contributed by atoms with Gasteiger partial charge in [-0.15, -0.1) is 0 Å². The fourth-order valence-electron chi connectivity index (χ4n) is 5.13. The average molecular weight is 506 g/mol. The highest BCUT2D eigenvalue weighted by Gasteiger charge is 2.41. The first-order chi connectivity index (χ1) is 17.6. The van der Waals surface area contributed by atoms with Crippen LogP contribution in [0.1, 0.15) is 46.1 Å². The Balaban J connectivity index is 1.78. The summed E-state index contributed by atoms with van der Waals surface area (Å²) in [5, 5.41) is 23.0. The van der Waals surface area contributed by atoms with Crippen LogP contribution in [0.3, 0.4) is 0 Å². The van der Waals surface area contributed by atoms with E-state index >= 15 is 0 Å². The standard InChI is InChI=1S/C27H35N7O3/c1-6-17-16-28-34-22(29-18-10-8-11-19(14-18)30-23(35)7-2)15-21(32-25(17)34)33-13-9-12-20(31-26(36)37)24(33)27(3,4)5/h7-8,10-11,14-16,20,24,29,31H,2,6,9,12-13H2,1,3-5H3,(H,30,35)(H,36,37). The second kappa shape index (κ2) is 10.5. The smallest absolute Gasteiger partial charge is 0.404 e. The number of aromatic nitrogens is 3. The number of piperidine rings is 1. The molecule has 2 unspecified atom stereocenters. The molecule has 3 aromatic rings. The molecule has 37 heavy (non-hydrogen) atoms. The lowest BCUT2D eigenvalue weighted by molar-refractivity contribution is -0.111. The van der Waals surface area contributed by atoms with Gasteiger partial charge in [-0.3, -0.25) is 4.79 Å². The van der Waals surface area contributed by atoms with Crippen molar-refractivity contribution in [3.8, 4) is 0 Å². The zero-order valence-corrected chi connectivity index (χ0v) is 21.8. The van der Waals surface area contributed by atoms with Crippen LogP contribution < -0.4 is 20.9 Å². The topological polar surface area (TPSA) is 124 Å². The molecule has 0 radical (unpaired) electrons. The molecule has 0 spiro atoms. The highest BCUT2D eigenvalue weighted by Crippen LogP contribution is 2.36. The van der Waals surface area contributed by atoms with E-state index in [9.17, 15) is 14.7 Å². The largest absolute Gasteiger partial charge is 0.465 e. The highest BCUT2D eigenvalue weighted by molar-refractivity contribution is 5.99.